The van der Waals surface area contributed by atoms with Crippen LogP contribution in [0.1, 0.15) is 54.7 Å². The van der Waals surface area contributed by atoms with Crippen LogP contribution in [-0.2, 0) is 10.2 Å². The third-order valence-electron chi connectivity index (χ3n) is 4.53. The predicted octanol–water partition coefficient (Wildman–Crippen LogP) is 3.58. The Balaban J connectivity index is 1.87. The van der Waals surface area contributed by atoms with Crippen LogP contribution in [0.2, 0.25) is 0 Å². The first kappa shape index (κ1) is 18.6. The largest absolute Gasteiger partial charge is 0.481 e. The highest BCUT2D eigenvalue weighted by Gasteiger charge is 2.22. The van der Waals surface area contributed by atoms with E-state index in [0.29, 0.717) is 11.1 Å². The van der Waals surface area contributed by atoms with Crippen LogP contribution < -0.4 is 5.32 Å². The standard InChI is InChI=1S/C21H23N3O3/c1-21(2,3)15-9-7-14(8-10-15)17(12-19(25)26)23-20(27)16-13-22-24-11-5-4-6-18(16)24/h4-11,13,17H,12H2,1-3H3,(H,23,27)(H,25,26). The molecule has 0 aliphatic rings. The molecule has 0 saturated carbocycles. The molecule has 6 nitrogen and oxygen atoms in total. The van der Waals surface area contributed by atoms with E-state index >= 15 is 0 Å². The average molecular weight is 365 g/mol. The van der Waals surface area contributed by atoms with E-state index in [4.69, 9.17) is 0 Å². The summed E-state index contributed by atoms with van der Waals surface area (Å²) in [6, 6.07) is 12.5. The van der Waals surface area contributed by atoms with Crippen LogP contribution in [0.25, 0.3) is 5.52 Å². The molecule has 2 aromatic heterocycles. The number of nitrogens with one attached hydrogen (secondary N) is 1. The van der Waals surface area contributed by atoms with Crippen molar-refractivity contribution in [3.8, 4) is 0 Å². The number of aliphatic carboxylic acids is 1. The lowest BCUT2D eigenvalue weighted by Crippen LogP contribution is -2.30. The van der Waals surface area contributed by atoms with Crippen molar-refractivity contribution in [3.05, 3.63) is 71.5 Å². The van der Waals surface area contributed by atoms with Gasteiger partial charge in [0.1, 0.15) is 0 Å². The molecular formula is C21H23N3O3. The summed E-state index contributed by atoms with van der Waals surface area (Å²) in [5.74, 6) is -1.32. The number of fused-ring (bicyclic) bond motifs is 1. The van der Waals surface area contributed by atoms with Crippen LogP contribution in [0.5, 0.6) is 0 Å². The number of carboxylic acids is 1. The molecule has 0 spiro atoms. The van der Waals surface area contributed by atoms with Gasteiger partial charge in [-0.15, -0.1) is 0 Å². The van der Waals surface area contributed by atoms with Crippen LogP contribution in [0.3, 0.4) is 0 Å². The van der Waals surface area contributed by atoms with E-state index in [9.17, 15) is 14.7 Å². The van der Waals surface area contributed by atoms with E-state index < -0.39 is 12.0 Å². The molecule has 0 fully saturated rings. The van der Waals surface area contributed by atoms with Gasteiger partial charge in [0, 0.05) is 6.20 Å². The minimum atomic E-state index is -0.972. The van der Waals surface area contributed by atoms with Crippen molar-refractivity contribution in [3.63, 3.8) is 0 Å². The van der Waals surface area contributed by atoms with E-state index in [1.165, 1.54) is 6.20 Å². The van der Waals surface area contributed by atoms with Gasteiger partial charge in [0.05, 0.1) is 29.7 Å². The minimum absolute atomic E-state index is 0.00116. The van der Waals surface area contributed by atoms with E-state index in [1.54, 1.807) is 16.8 Å². The summed E-state index contributed by atoms with van der Waals surface area (Å²) in [7, 11) is 0. The molecule has 3 rings (SSSR count). The maximum absolute atomic E-state index is 12.8. The molecule has 0 bridgehead atoms. The Hall–Kier alpha value is -3.15. The molecule has 0 aliphatic heterocycles. The first-order chi connectivity index (χ1) is 12.8. The molecule has 1 atom stereocenters. The first-order valence-electron chi connectivity index (χ1n) is 8.81. The number of pyridine rings is 1. The van der Waals surface area contributed by atoms with Crippen LogP contribution in [0.4, 0.5) is 0 Å². The fraction of sp³-hybridized carbons (Fsp3) is 0.286. The second-order valence-corrected chi connectivity index (χ2v) is 7.58. The molecule has 0 aliphatic carbocycles. The van der Waals surface area contributed by atoms with Gasteiger partial charge in [0.25, 0.3) is 5.91 Å². The predicted molar refractivity (Wildman–Crippen MR) is 103 cm³/mol. The van der Waals surface area contributed by atoms with Gasteiger partial charge < -0.3 is 10.4 Å². The summed E-state index contributed by atoms with van der Waals surface area (Å²) >= 11 is 0. The van der Waals surface area contributed by atoms with Gasteiger partial charge in [-0.2, -0.15) is 5.10 Å². The van der Waals surface area contributed by atoms with Crippen LogP contribution in [0, 0.1) is 0 Å². The molecule has 1 unspecified atom stereocenters. The highest BCUT2D eigenvalue weighted by atomic mass is 16.4. The van der Waals surface area contributed by atoms with E-state index in [1.807, 2.05) is 36.4 Å². The third kappa shape index (κ3) is 4.16. The van der Waals surface area contributed by atoms with Gasteiger partial charge in [-0.3, -0.25) is 9.59 Å². The summed E-state index contributed by atoms with van der Waals surface area (Å²) < 4.78 is 1.61. The van der Waals surface area contributed by atoms with Gasteiger partial charge in [-0.1, -0.05) is 51.1 Å². The number of hydrogen-bond acceptors (Lipinski definition) is 3. The number of carbonyl (C=O) groups is 2. The second-order valence-electron chi connectivity index (χ2n) is 7.58. The summed E-state index contributed by atoms with van der Waals surface area (Å²) in [4.78, 5) is 24.1. The molecule has 0 saturated heterocycles. The molecule has 2 heterocycles. The van der Waals surface area contributed by atoms with E-state index in [2.05, 4.69) is 31.2 Å². The van der Waals surface area contributed by atoms with Crippen molar-refractivity contribution in [1.82, 2.24) is 14.9 Å². The highest BCUT2D eigenvalue weighted by Crippen LogP contribution is 2.25. The molecular weight excluding hydrogens is 342 g/mol. The maximum Gasteiger partial charge on any atom is 0.305 e. The highest BCUT2D eigenvalue weighted by molar-refractivity contribution is 6.00. The van der Waals surface area contributed by atoms with Crippen molar-refractivity contribution in [1.29, 1.82) is 0 Å². The Morgan fingerprint density at radius 1 is 1.15 bits per heavy atom. The number of carbonyl (C=O) groups excluding carboxylic acids is 1. The monoisotopic (exact) mass is 365 g/mol. The van der Waals surface area contributed by atoms with Crippen molar-refractivity contribution in [2.24, 2.45) is 0 Å². The molecule has 1 amide bonds. The summed E-state index contributed by atoms with van der Waals surface area (Å²) in [6.45, 7) is 6.34. The Labute approximate surface area is 157 Å². The van der Waals surface area contributed by atoms with Crippen LogP contribution in [0.15, 0.2) is 54.9 Å². The first-order valence-corrected chi connectivity index (χ1v) is 8.81. The van der Waals surface area contributed by atoms with Crippen LogP contribution in [-0.4, -0.2) is 26.6 Å². The Bertz CT molecular complexity index is 968. The molecule has 0 radical (unpaired) electrons. The second kappa shape index (κ2) is 7.23. The topological polar surface area (TPSA) is 83.7 Å². The number of rotatable bonds is 5. The molecule has 2 N–H and O–H groups in total. The van der Waals surface area contributed by atoms with Crippen molar-refractivity contribution >= 4 is 17.4 Å². The summed E-state index contributed by atoms with van der Waals surface area (Å²) in [5.41, 5.74) is 3.00. The number of amides is 1. The van der Waals surface area contributed by atoms with Crippen LogP contribution >= 0.6 is 0 Å². The Morgan fingerprint density at radius 2 is 1.85 bits per heavy atom. The molecule has 1 aromatic carbocycles. The molecule has 6 heteroatoms. The van der Waals surface area contributed by atoms with Crippen molar-refractivity contribution in [2.45, 2.75) is 38.6 Å². The number of benzene rings is 1. The number of carboxylic acid groups (broad SMARTS) is 1. The normalized spacial score (nSPS) is 12.7. The van der Waals surface area contributed by atoms with Gasteiger partial charge >= 0.3 is 5.97 Å². The summed E-state index contributed by atoms with van der Waals surface area (Å²) in [5, 5.41) is 16.3. The SMILES string of the molecule is CC(C)(C)c1ccc(C(CC(=O)O)NC(=O)c2cnn3ccccc23)cc1. The lowest BCUT2D eigenvalue weighted by molar-refractivity contribution is -0.137. The van der Waals surface area contributed by atoms with Crippen molar-refractivity contribution < 1.29 is 14.7 Å². The van der Waals surface area contributed by atoms with Crippen molar-refractivity contribution in [2.75, 3.05) is 0 Å². The minimum Gasteiger partial charge on any atom is -0.481 e. The lowest BCUT2D eigenvalue weighted by Gasteiger charge is -2.21. The zero-order valence-corrected chi connectivity index (χ0v) is 15.6. The zero-order valence-electron chi connectivity index (χ0n) is 15.6. The fourth-order valence-corrected chi connectivity index (χ4v) is 2.99. The lowest BCUT2D eigenvalue weighted by atomic mass is 9.86. The van der Waals surface area contributed by atoms with Gasteiger partial charge in [-0.05, 0) is 28.7 Å². The van der Waals surface area contributed by atoms with Gasteiger partial charge in [-0.25, -0.2) is 4.52 Å². The van der Waals surface area contributed by atoms with E-state index in [-0.39, 0.29) is 17.7 Å². The summed E-state index contributed by atoms with van der Waals surface area (Å²) in [6.07, 6.45) is 3.05. The van der Waals surface area contributed by atoms with E-state index in [0.717, 1.165) is 11.1 Å². The average Bonchev–Trinajstić information content (AvgIpc) is 3.04. The zero-order chi connectivity index (χ0) is 19.6. The van der Waals surface area contributed by atoms with Gasteiger partial charge in [0.15, 0.2) is 0 Å². The smallest absolute Gasteiger partial charge is 0.305 e. The number of aromatic nitrogens is 2. The molecule has 140 valence electrons. The molecule has 3 aromatic rings. The quantitative estimate of drug-likeness (QED) is 0.724. The Kier molecular flexibility index (Phi) is 4.99. The maximum atomic E-state index is 12.8. The fourth-order valence-electron chi connectivity index (χ4n) is 2.99. The molecule has 27 heavy (non-hydrogen) atoms. The third-order valence-corrected chi connectivity index (χ3v) is 4.53. The number of hydrogen-bond donors (Lipinski definition) is 2. The number of nitrogens with zero attached hydrogens (tertiary/aromatic N) is 2. The van der Waals surface area contributed by atoms with Gasteiger partial charge in [0.2, 0.25) is 0 Å². The Morgan fingerprint density at radius 3 is 2.48 bits per heavy atom.